The first-order valence-electron chi connectivity index (χ1n) is 21.0. The van der Waals surface area contributed by atoms with Gasteiger partial charge in [0.15, 0.2) is 0 Å². The number of nitrogens with zero attached hydrogens (tertiary/aromatic N) is 1. The summed E-state index contributed by atoms with van der Waals surface area (Å²) in [5.41, 5.74) is 0. The predicted octanol–water partition coefficient (Wildman–Crippen LogP) is 14.0. The molecule has 0 fully saturated rings. The maximum Gasteiger partial charge on any atom is 0.472 e. The van der Waals surface area contributed by atoms with Crippen LogP contribution < -0.4 is 0 Å². The zero-order chi connectivity index (χ0) is 49.8. The largest absolute Gasteiger partial charge is 0.472 e. The van der Waals surface area contributed by atoms with Gasteiger partial charge < -0.3 is 18.9 Å². The Balaban J connectivity index is 4.52. The van der Waals surface area contributed by atoms with Gasteiger partial charge in [-0.15, -0.1) is 0 Å². The average Bonchev–Trinajstić information content (AvgIpc) is 3.13. The van der Waals surface area contributed by atoms with Gasteiger partial charge in [0.05, 0.1) is 34.4 Å². The van der Waals surface area contributed by atoms with Crippen LogP contribution in [0.4, 0.5) is 79.0 Å². The number of halogens is 18. The molecular weight excluding hydrogens is 939 g/mol. The molecule has 0 aliphatic carbocycles. The van der Waals surface area contributed by atoms with Crippen LogP contribution in [-0.2, 0) is 23.1 Å². The van der Waals surface area contributed by atoms with Crippen LogP contribution >= 0.6 is 7.82 Å². The minimum atomic E-state index is -6.90. The maximum atomic E-state index is 13.6. The highest BCUT2D eigenvalue weighted by molar-refractivity contribution is 7.47. The van der Waals surface area contributed by atoms with Gasteiger partial charge in [0.25, 0.3) is 0 Å². The molecule has 0 aromatic rings. The van der Waals surface area contributed by atoms with Gasteiger partial charge in [-0.3, -0.25) is 9.05 Å². The van der Waals surface area contributed by atoms with E-state index in [1.165, 1.54) is 0 Å². The summed E-state index contributed by atoms with van der Waals surface area (Å²) in [6.07, 6.45) is -11.7. The molecule has 0 rings (SSSR count). The van der Waals surface area contributed by atoms with E-state index in [-0.39, 0.29) is 58.7 Å². The number of unbranched alkanes of at least 4 members (excludes halogenated alkanes) is 16. The maximum absolute atomic E-state index is 13.6. The second kappa shape index (κ2) is 27.1. The Hall–Kier alpha value is -1.27. The number of hydrogen-bond acceptors (Lipinski definition) is 5. The van der Waals surface area contributed by atoms with Crippen molar-refractivity contribution in [2.45, 2.75) is 182 Å². The molecule has 64 heavy (non-hydrogen) atoms. The molecule has 0 aromatic carbocycles. The summed E-state index contributed by atoms with van der Waals surface area (Å²) in [6, 6.07) is 0. The van der Waals surface area contributed by atoms with E-state index in [1.54, 1.807) is 0 Å². The number of likely N-dealkylation sites (N-methyl/N-ethyl adjacent to an activating group) is 1. The van der Waals surface area contributed by atoms with Crippen molar-refractivity contribution in [3.8, 4) is 0 Å². The van der Waals surface area contributed by atoms with Crippen molar-refractivity contribution in [1.29, 1.82) is 0 Å². The molecule has 7 nitrogen and oxygen atoms in total. The zero-order valence-electron chi connectivity index (χ0n) is 36.1. The third-order valence-electron chi connectivity index (χ3n) is 9.93. The molecule has 0 amide bonds. The molecule has 0 aliphatic rings. The highest BCUT2D eigenvalue weighted by atomic mass is 31.2. The first-order valence-corrected chi connectivity index (χ1v) is 22.5. The molecule has 0 saturated heterocycles. The third kappa shape index (κ3) is 21.8. The lowest BCUT2D eigenvalue weighted by molar-refractivity contribution is -0.870. The van der Waals surface area contributed by atoms with E-state index in [0.29, 0.717) is 81.7 Å². The van der Waals surface area contributed by atoms with Crippen molar-refractivity contribution in [1.82, 2.24) is 0 Å². The third-order valence-corrected chi connectivity index (χ3v) is 10.9. The Morgan fingerprint density at radius 2 is 0.766 bits per heavy atom. The lowest BCUT2D eigenvalue weighted by atomic mass is 9.97. The van der Waals surface area contributed by atoms with Crippen LogP contribution in [0.15, 0.2) is 0 Å². The fourth-order valence-electron chi connectivity index (χ4n) is 5.86. The van der Waals surface area contributed by atoms with Gasteiger partial charge in [0.1, 0.15) is 19.3 Å². The quantitative estimate of drug-likeness (QED) is 0.0288. The highest BCUT2D eigenvalue weighted by Gasteiger charge is 2.82. The van der Waals surface area contributed by atoms with E-state index in [1.807, 2.05) is 21.1 Å². The van der Waals surface area contributed by atoms with Crippen LogP contribution in [0.3, 0.4) is 0 Å². The molecular formula is C38H63F18NO6P+. The fourth-order valence-corrected chi connectivity index (χ4v) is 6.60. The number of rotatable bonds is 38. The SMILES string of the molecule is C[N+](C)(C)CCOP(=O)(O)OCC(COCCCCCCCCCCCC(F)(F)C(F)(F)C(F)(F)C(F)(F)F)OCCCCCCCCCCCC(F)(F)C(F)(F)C(F)(F)C(F)(F)F. The van der Waals surface area contributed by atoms with E-state index >= 15 is 0 Å². The number of phosphoric acid groups is 1. The summed E-state index contributed by atoms with van der Waals surface area (Å²) in [5.74, 6) is -38.1. The Bertz CT molecular complexity index is 1320. The Labute approximate surface area is 362 Å². The second-order valence-corrected chi connectivity index (χ2v) is 18.2. The summed E-state index contributed by atoms with van der Waals surface area (Å²) < 4.78 is 268. The minimum Gasteiger partial charge on any atom is -0.379 e. The van der Waals surface area contributed by atoms with E-state index in [2.05, 4.69) is 0 Å². The predicted molar refractivity (Wildman–Crippen MR) is 199 cm³/mol. The smallest absolute Gasteiger partial charge is 0.379 e. The van der Waals surface area contributed by atoms with Crippen molar-refractivity contribution >= 4 is 7.82 Å². The normalized spacial score (nSPS) is 15.8. The Kier molecular flexibility index (Phi) is 26.5. The van der Waals surface area contributed by atoms with E-state index in [0.717, 1.165) is 6.42 Å². The molecule has 0 saturated carbocycles. The monoisotopic (exact) mass is 1000 g/mol. The summed E-state index contributed by atoms with van der Waals surface area (Å²) in [6.45, 7) is 0.429. The van der Waals surface area contributed by atoms with Gasteiger partial charge in [0.2, 0.25) is 0 Å². The van der Waals surface area contributed by atoms with Crippen molar-refractivity contribution in [3.05, 3.63) is 0 Å². The van der Waals surface area contributed by atoms with Crippen LogP contribution in [0.2, 0.25) is 0 Å². The van der Waals surface area contributed by atoms with Crippen molar-refractivity contribution in [2.24, 2.45) is 0 Å². The summed E-state index contributed by atoms with van der Waals surface area (Å²) >= 11 is 0. The van der Waals surface area contributed by atoms with Crippen molar-refractivity contribution in [3.63, 3.8) is 0 Å². The fraction of sp³-hybridized carbons (Fsp3) is 1.00. The van der Waals surface area contributed by atoms with Crippen LogP contribution in [0.5, 0.6) is 0 Å². The Morgan fingerprint density at radius 1 is 0.438 bits per heavy atom. The van der Waals surface area contributed by atoms with E-state index in [9.17, 15) is 88.5 Å². The van der Waals surface area contributed by atoms with Crippen molar-refractivity contribution in [2.75, 3.05) is 60.7 Å². The topological polar surface area (TPSA) is 74.2 Å². The Morgan fingerprint density at radius 3 is 1.11 bits per heavy atom. The number of phosphoric ester groups is 1. The van der Waals surface area contributed by atoms with Gasteiger partial charge in [-0.2, -0.15) is 79.0 Å². The molecule has 26 heteroatoms. The molecule has 0 aromatic heterocycles. The molecule has 386 valence electrons. The average molecular weight is 1000 g/mol. The van der Waals surface area contributed by atoms with Gasteiger partial charge in [-0.05, 0) is 25.7 Å². The molecule has 0 heterocycles. The number of quaternary nitrogens is 1. The van der Waals surface area contributed by atoms with Crippen LogP contribution in [-0.4, -0.2) is 124 Å². The summed E-state index contributed by atoms with van der Waals surface area (Å²) in [7, 11) is 1.11. The zero-order valence-corrected chi connectivity index (χ0v) is 37.0. The van der Waals surface area contributed by atoms with Gasteiger partial charge in [0, 0.05) is 26.1 Å². The molecule has 1 N–H and O–H groups in total. The summed E-state index contributed by atoms with van der Waals surface area (Å²) in [4.78, 5) is 10.1. The molecule has 0 bridgehead atoms. The number of alkyl halides is 18. The molecule has 0 spiro atoms. The van der Waals surface area contributed by atoms with Crippen molar-refractivity contribution < 1.29 is 111 Å². The van der Waals surface area contributed by atoms with Gasteiger partial charge in [-0.1, -0.05) is 89.9 Å². The molecule has 0 radical (unpaired) electrons. The second-order valence-electron chi connectivity index (χ2n) is 16.7. The molecule has 0 aliphatic heterocycles. The number of hydrogen-bond donors (Lipinski definition) is 1. The van der Waals surface area contributed by atoms with E-state index < -0.39 is 87.5 Å². The standard InChI is InChI=1S/C38H62F18NO6P/c1-57(2,3)24-27-62-64(58,59)63-29-30(61-26-21-17-13-9-5-7-11-15-19-23-32(41,42)34(45,46)36(49,50)38(54,55)56)28-60-25-20-16-12-8-4-6-10-14-18-22-31(39,40)33(43,44)35(47,48)37(51,52)53/h30H,4-29H2,1-3H3/p+1. The van der Waals surface area contributed by atoms with Crippen LogP contribution in [0.1, 0.15) is 128 Å². The molecule has 2 atom stereocenters. The lowest BCUT2D eigenvalue weighted by Crippen LogP contribution is -2.60. The first kappa shape index (κ1) is 62.7. The van der Waals surface area contributed by atoms with Gasteiger partial charge in [-0.25, -0.2) is 4.57 Å². The minimum absolute atomic E-state index is 0.0218. The molecule has 2 unspecified atom stereocenters. The van der Waals surface area contributed by atoms with Crippen LogP contribution in [0.25, 0.3) is 0 Å². The van der Waals surface area contributed by atoms with Crippen LogP contribution in [0, 0.1) is 0 Å². The number of ether oxygens (including phenoxy) is 2. The first-order chi connectivity index (χ1) is 29.0. The van der Waals surface area contributed by atoms with Gasteiger partial charge >= 0.3 is 55.7 Å². The lowest BCUT2D eigenvalue weighted by Gasteiger charge is -2.33. The summed E-state index contributed by atoms with van der Waals surface area (Å²) in [5, 5.41) is 0. The van der Waals surface area contributed by atoms with E-state index in [4.69, 9.17) is 18.5 Å². The highest BCUT2D eigenvalue weighted by Crippen LogP contribution is 2.55.